The number of carbonyl (C=O) groups excluding carboxylic acids is 1. The molecule has 23 heavy (non-hydrogen) atoms. The Morgan fingerprint density at radius 2 is 1.83 bits per heavy atom. The van der Waals surface area contributed by atoms with Gasteiger partial charge < -0.3 is 0 Å². The highest BCUT2D eigenvalue weighted by Gasteiger charge is 2.33. The van der Waals surface area contributed by atoms with E-state index < -0.39 is 0 Å². The average Bonchev–Trinajstić information content (AvgIpc) is 2.78. The number of carbonyl (C=O) groups is 1. The lowest BCUT2D eigenvalue weighted by Crippen LogP contribution is -2.27. The summed E-state index contributed by atoms with van der Waals surface area (Å²) in [6.07, 6.45) is 1.74. The van der Waals surface area contributed by atoms with Gasteiger partial charge in [-0.15, -0.1) is 0 Å². The summed E-state index contributed by atoms with van der Waals surface area (Å²) in [4.78, 5) is 14.7. The molecule has 3 rings (SSSR count). The summed E-state index contributed by atoms with van der Waals surface area (Å²) in [5.41, 5.74) is 2.63. The van der Waals surface area contributed by atoms with E-state index in [1.807, 2.05) is 31.2 Å². The third-order valence-electron chi connectivity index (χ3n) is 3.33. The van der Waals surface area contributed by atoms with Crippen molar-refractivity contribution in [3.05, 3.63) is 68.5 Å². The minimum absolute atomic E-state index is 0.144. The zero-order chi connectivity index (χ0) is 16.6. The van der Waals surface area contributed by atoms with Crippen LogP contribution in [0, 0.1) is 6.92 Å². The number of hydrogen-bond donors (Lipinski definition) is 0. The van der Waals surface area contributed by atoms with Crippen molar-refractivity contribution in [2.45, 2.75) is 6.92 Å². The lowest BCUT2D eigenvalue weighted by atomic mass is 10.2. The summed E-state index contributed by atoms with van der Waals surface area (Å²) in [5, 5.41) is 1.05. The number of thioether (sulfide) groups is 1. The average molecular weight is 380 g/mol. The Morgan fingerprint density at radius 1 is 1.13 bits per heavy atom. The van der Waals surface area contributed by atoms with Gasteiger partial charge in [-0.05, 0) is 42.8 Å². The number of anilines is 1. The minimum Gasteiger partial charge on any atom is -0.268 e. The third-order valence-corrected chi connectivity index (χ3v) is 5.20. The number of amides is 1. The number of aryl methyl sites for hydroxylation is 1. The van der Waals surface area contributed by atoms with Gasteiger partial charge in [-0.3, -0.25) is 9.69 Å². The molecule has 0 spiro atoms. The fourth-order valence-electron chi connectivity index (χ4n) is 2.14. The summed E-state index contributed by atoms with van der Waals surface area (Å²) >= 11 is 18.7. The van der Waals surface area contributed by atoms with E-state index in [1.165, 1.54) is 16.7 Å². The Hall–Kier alpha value is -1.33. The second-order valence-electron chi connectivity index (χ2n) is 5.02. The highest BCUT2D eigenvalue weighted by atomic mass is 35.5. The van der Waals surface area contributed by atoms with Crippen LogP contribution in [0.3, 0.4) is 0 Å². The van der Waals surface area contributed by atoms with Crippen molar-refractivity contribution >= 4 is 69.2 Å². The molecule has 0 aromatic heterocycles. The molecule has 2 aromatic carbocycles. The lowest BCUT2D eigenvalue weighted by molar-refractivity contribution is -0.113. The van der Waals surface area contributed by atoms with Gasteiger partial charge >= 0.3 is 0 Å². The molecule has 0 N–H and O–H groups in total. The van der Waals surface area contributed by atoms with Crippen LogP contribution in [-0.2, 0) is 4.79 Å². The SMILES string of the molecule is Cc1ccc(N2C(=O)/C(=C\c3ccc(Cl)cc3Cl)SC2=S)cc1. The van der Waals surface area contributed by atoms with E-state index in [2.05, 4.69) is 0 Å². The van der Waals surface area contributed by atoms with Crippen LogP contribution < -0.4 is 4.90 Å². The van der Waals surface area contributed by atoms with Gasteiger partial charge in [-0.25, -0.2) is 0 Å². The van der Waals surface area contributed by atoms with Crippen molar-refractivity contribution in [2.24, 2.45) is 0 Å². The Kier molecular flexibility index (Phi) is 4.78. The molecule has 1 aliphatic heterocycles. The smallest absolute Gasteiger partial charge is 0.268 e. The molecule has 1 saturated heterocycles. The molecule has 116 valence electrons. The number of halogens is 2. The zero-order valence-electron chi connectivity index (χ0n) is 12.0. The summed E-state index contributed by atoms with van der Waals surface area (Å²) in [6, 6.07) is 12.8. The molecule has 2 aromatic rings. The zero-order valence-corrected chi connectivity index (χ0v) is 15.2. The van der Waals surface area contributed by atoms with Gasteiger partial charge in [0, 0.05) is 10.0 Å². The monoisotopic (exact) mass is 379 g/mol. The molecule has 0 unspecified atom stereocenters. The predicted molar refractivity (Wildman–Crippen MR) is 103 cm³/mol. The second kappa shape index (κ2) is 6.65. The minimum atomic E-state index is -0.144. The molecule has 1 fully saturated rings. The molecule has 0 bridgehead atoms. The highest BCUT2D eigenvalue weighted by Crippen LogP contribution is 2.37. The summed E-state index contributed by atoms with van der Waals surface area (Å²) in [7, 11) is 0. The van der Waals surface area contributed by atoms with Crippen molar-refractivity contribution in [1.29, 1.82) is 0 Å². The quantitative estimate of drug-likeness (QED) is 0.492. The van der Waals surface area contributed by atoms with Crippen LogP contribution in [0.1, 0.15) is 11.1 Å². The van der Waals surface area contributed by atoms with E-state index in [-0.39, 0.29) is 5.91 Å². The van der Waals surface area contributed by atoms with E-state index in [0.29, 0.717) is 19.3 Å². The van der Waals surface area contributed by atoms with Gasteiger partial charge in [0.2, 0.25) is 0 Å². The maximum atomic E-state index is 12.7. The van der Waals surface area contributed by atoms with Gasteiger partial charge in [0.05, 0.1) is 10.6 Å². The van der Waals surface area contributed by atoms with Crippen LogP contribution in [0.2, 0.25) is 10.0 Å². The van der Waals surface area contributed by atoms with E-state index in [1.54, 1.807) is 24.3 Å². The first kappa shape index (κ1) is 16.5. The van der Waals surface area contributed by atoms with Crippen LogP contribution in [0.25, 0.3) is 6.08 Å². The standard InChI is InChI=1S/C17H11Cl2NOS2/c1-10-2-6-13(7-3-10)20-16(21)15(23-17(20)22)8-11-4-5-12(18)9-14(11)19/h2-9H,1H3/b15-8+. The highest BCUT2D eigenvalue weighted by molar-refractivity contribution is 8.27. The van der Waals surface area contributed by atoms with E-state index >= 15 is 0 Å². The van der Waals surface area contributed by atoms with Crippen LogP contribution in [0.15, 0.2) is 47.4 Å². The van der Waals surface area contributed by atoms with Crippen molar-refractivity contribution in [3.63, 3.8) is 0 Å². The molecular weight excluding hydrogens is 369 g/mol. The van der Waals surface area contributed by atoms with Crippen molar-refractivity contribution in [2.75, 3.05) is 4.90 Å². The van der Waals surface area contributed by atoms with Crippen LogP contribution in [0.5, 0.6) is 0 Å². The first-order valence-corrected chi connectivity index (χ1v) is 8.73. The van der Waals surface area contributed by atoms with Gasteiger partial charge in [0.1, 0.15) is 0 Å². The largest absolute Gasteiger partial charge is 0.270 e. The Bertz CT molecular complexity index is 831. The molecule has 0 saturated carbocycles. The summed E-state index contributed by atoms with van der Waals surface area (Å²) < 4.78 is 0.509. The number of rotatable bonds is 2. The number of hydrogen-bond acceptors (Lipinski definition) is 3. The molecule has 1 aliphatic rings. The molecule has 2 nitrogen and oxygen atoms in total. The first-order valence-electron chi connectivity index (χ1n) is 6.75. The lowest BCUT2D eigenvalue weighted by Gasteiger charge is -2.14. The van der Waals surface area contributed by atoms with Gasteiger partial charge in [0.25, 0.3) is 5.91 Å². The van der Waals surface area contributed by atoms with Crippen molar-refractivity contribution in [1.82, 2.24) is 0 Å². The van der Waals surface area contributed by atoms with Gasteiger partial charge in [-0.1, -0.05) is 70.9 Å². The topological polar surface area (TPSA) is 20.3 Å². The Labute approximate surface area is 154 Å². The number of thiocarbonyl (C=S) groups is 1. The van der Waals surface area contributed by atoms with Gasteiger partial charge in [-0.2, -0.15) is 0 Å². The second-order valence-corrected chi connectivity index (χ2v) is 7.54. The number of nitrogens with zero attached hydrogens (tertiary/aromatic N) is 1. The molecule has 6 heteroatoms. The number of benzene rings is 2. The molecular formula is C17H11Cl2NOS2. The summed E-state index contributed by atoms with van der Waals surface area (Å²) in [6.45, 7) is 2.00. The first-order chi connectivity index (χ1) is 11.0. The summed E-state index contributed by atoms with van der Waals surface area (Å²) in [5.74, 6) is -0.144. The molecule has 0 aliphatic carbocycles. The normalized spacial score (nSPS) is 16.5. The van der Waals surface area contributed by atoms with Gasteiger partial charge in [0.15, 0.2) is 4.32 Å². The fraction of sp³-hybridized carbons (Fsp3) is 0.0588. The van der Waals surface area contributed by atoms with E-state index in [9.17, 15) is 4.79 Å². The van der Waals surface area contributed by atoms with Crippen LogP contribution in [0.4, 0.5) is 5.69 Å². The molecule has 1 amide bonds. The molecule has 0 atom stereocenters. The maximum absolute atomic E-state index is 12.7. The van der Waals surface area contributed by atoms with Crippen LogP contribution >= 0.6 is 47.2 Å². The van der Waals surface area contributed by atoms with E-state index in [0.717, 1.165) is 16.8 Å². The van der Waals surface area contributed by atoms with Crippen LogP contribution in [-0.4, -0.2) is 10.2 Å². The van der Waals surface area contributed by atoms with Crippen molar-refractivity contribution in [3.8, 4) is 0 Å². The predicted octanol–water partition coefficient (Wildman–Crippen LogP) is 5.71. The fourth-order valence-corrected chi connectivity index (χ4v) is 3.90. The third kappa shape index (κ3) is 3.45. The van der Waals surface area contributed by atoms with E-state index in [4.69, 9.17) is 35.4 Å². The Balaban J connectivity index is 1.94. The molecule has 0 radical (unpaired) electrons. The Morgan fingerprint density at radius 3 is 2.48 bits per heavy atom. The molecule has 1 heterocycles. The van der Waals surface area contributed by atoms with Crippen molar-refractivity contribution < 1.29 is 4.79 Å². The maximum Gasteiger partial charge on any atom is 0.270 e.